The third-order valence-electron chi connectivity index (χ3n) is 5.74. The van der Waals surface area contributed by atoms with E-state index in [0.29, 0.717) is 13.1 Å². The van der Waals surface area contributed by atoms with Gasteiger partial charge in [0.2, 0.25) is 20.0 Å². The molecule has 0 spiro atoms. The molecule has 1 N–H and O–H groups in total. The van der Waals surface area contributed by atoms with Gasteiger partial charge in [-0.2, -0.15) is 4.31 Å². The van der Waals surface area contributed by atoms with Crippen molar-refractivity contribution in [2.45, 2.75) is 35.1 Å². The van der Waals surface area contributed by atoms with E-state index in [-0.39, 0.29) is 22.3 Å². The number of benzene rings is 3. The molecule has 0 unspecified atom stereocenters. The first-order valence-electron chi connectivity index (χ1n) is 10.5. The SMILES string of the molecule is O=S(=O)(NCc1ccccc1)c1ccc(S(=O)(=O)N2CCC[C@@H](c3ccccc3)C2)cc1. The van der Waals surface area contributed by atoms with Gasteiger partial charge in [0, 0.05) is 19.6 Å². The lowest BCUT2D eigenvalue weighted by Crippen LogP contribution is -2.39. The van der Waals surface area contributed by atoms with Gasteiger partial charge in [0.05, 0.1) is 9.79 Å². The first kappa shape index (κ1) is 22.7. The third-order valence-corrected chi connectivity index (χ3v) is 9.03. The standard InChI is InChI=1S/C24H26N2O4S2/c27-31(28,25-18-20-8-3-1-4-9-20)23-13-15-24(16-14-23)32(29,30)26-17-7-12-22(19-26)21-10-5-2-6-11-21/h1-6,8-11,13-16,22,25H,7,12,17-19H2/t22-/m1/s1. The summed E-state index contributed by atoms with van der Waals surface area (Å²) >= 11 is 0. The number of rotatable bonds is 7. The molecule has 1 fully saturated rings. The number of nitrogens with one attached hydrogen (secondary N) is 1. The van der Waals surface area contributed by atoms with Crippen LogP contribution in [0.15, 0.2) is 94.7 Å². The van der Waals surface area contributed by atoms with Gasteiger partial charge >= 0.3 is 0 Å². The van der Waals surface area contributed by atoms with Crippen molar-refractivity contribution >= 4 is 20.0 Å². The molecule has 3 aromatic carbocycles. The Kier molecular flexibility index (Phi) is 6.76. The zero-order valence-electron chi connectivity index (χ0n) is 17.6. The van der Waals surface area contributed by atoms with Crippen LogP contribution in [0.25, 0.3) is 0 Å². The quantitative estimate of drug-likeness (QED) is 0.570. The maximum atomic E-state index is 13.2. The minimum absolute atomic E-state index is 0.0354. The van der Waals surface area contributed by atoms with Crippen LogP contribution in [0.4, 0.5) is 0 Å². The summed E-state index contributed by atoms with van der Waals surface area (Å²) in [5.74, 6) is 0.154. The molecule has 0 amide bonds. The molecule has 1 aliphatic rings. The van der Waals surface area contributed by atoms with Crippen LogP contribution >= 0.6 is 0 Å². The highest BCUT2D eigenvalue weighted by Crippen LogP contribution is 2.30. The Morgan fingerprint density at radius 2 is 1.38 bits per heavy atom. The van der Waals surface area contributed by atoms with Crippen molar-refractivity contribution in [1.82, 2.24) is 9.03 Å². The van der Waals surface area contributed by atoms with E-state index in [2.05, 4.69) is 4.72 Å². The maximum Gasteiger partial charge on any atom is 0.243 e. The molecule has 1 saturated heterocycles. The first-order valence-corrected chi connectivity index (χ1v) is 13.5. The fourth-order valence-corrected chi connectivity index (χ4v) is 6.50. The van der Waals surface area contributed by atoms with E-state index in [1.54, 1.807) is 0 Å². The number of piperidine rings is 1. The van der Waals surface area contributed by atoms with Crippen LogP contribution in [0, 0.1) is 0 Å². The molecule has 0 aromatic heterocycles. The Morgan fingerprint density at radius 3 is 2.03 bits per heavy atom. The van der Waals surface area contributed by atoms with Gasteiger partial charge < -0.3 is 0 Å². The smallest absolute Gasteiger partial charge is 0.207 e. The molecule has 8 heteroatoms. The van der Waals surface area contributed by atoms with Crippen LogP contribution < -0.4 is 4.72 Å². The average molecular weight is 471 g/mol. The summed E-state index contributed by atoms with van der Waals surface area (Å²) in [5.41, 5.74) is 1.98. The Morgan fingerprint density at radius 1 is 0.781 bits per heavy atom. The van der Waals surface area contributed by atoms with Crippen LogP contribution in [-0.2, 0) is 26.6 Å². The molecule has 4 rings (SSSR count). The predicted octanol–water partition coefficient (Wildman–Crippen LogP) is 3.73. The minimum Gasteiger partial charge on any atom is -0.207 e. The average Bonchev–Trinajstić information content (AvgIpc) is 2.84. The summed E-state index contributed by atoms with van der Waals surface area (Å²) in [6.45, 7) is 1.05. The van der Waals surface area contributed by atoms with Gasteiger partial charge in [-0.15, -0.1) is 0 Å². The highest BCUT2D eigenvalue weighted by atomic mass is 32.2. The predicted molar refractivity (Wildman–Crippen MR) is 124 cm³/mol. The number of hydrogen-bond acceptors (Lipinski definition) is 4. The minimum atomic E-state index is -3.75. The van der Waals surface area contributed by atoms with E-state index < -0.39 is 20.0 Å². The lowest BCUT2D eigenvalue weighted by molar-refractivity contribution is 0.315. The van der Waals surface area contributed by atoms with Gasteiger partial charge in [-0.3, -0.25) is 0 Å². The summed E-state index contributed by atoms with van der Waals surface area (Å²) in [6.07, 6.45) is 1.73. The second-order valence-corrected chi connectivity index (χ2v) is 11.6. The van der Waals surface area contributed by atoms with Gasteiger partial charge in [-0.25, -0.2) is 21.6 Å². The molecular weight excluding hydrogens is 444 g/mol. The van der Waals surface area contributed by atoms with E-state index in [0.717, 1.165) is 24.0 Å². The largest absolute Gasteiger partial charge is 0.243 e. The topological polar surface area (TPSA) is 83.5 Å². The summed E-state index contributed by atoms with van der Waals surface area (Å²) in [7, 11) is -7.45. The van der Waals surface area contributed by atoms with E-state index in [1.807, 2.05) is 60.7 Å². The third kappa shape index (κ3) is 5.10. The van der Waals surface area contributed by atoms with Crippen LogP contribution in [0.2, 0.25) is 0 Å². The van der Waals surface area contributed by atoms with E-state index in [4.69, 9.17) is 0 Å². The fourth-order valence-electron chi connectivity index (χ4n) is 3.96. The molecule has 0 bridgehead atoms. The summed E-state index contributed by atoms with van der Waals surface area (Å²) < 4.78 is 55.6. The fraction of sp³-hybridized carbons (Fsp3) is 0.250. The molecule has 3 aromatic rings. The Labute approximate surface area is 190 Å². The second kappa shape index (κ2) is 9.54. The van der Waals surface area contributed by atoms with Crippen molar-refractivity contribution in [2.75, 3.05) is 13.1 Å². The normalized spacial score (nSPS) is 17.8. The van der Waals surface area contributed by atoms with Gasteiger partial charge in [0.25, 0.3) is 0 Å². The van der Waals surface area contributed by atoms with Gasteiger partial charge in [0.1, 0.15) is 0 Å². The highest BCUT2D eigenvalue weighted by Gasteiger charge is 2.31. The first-order chi connectivity index (χ1) is 15.4. The van der Waals surface area contributed by atoms with Crippen LogP contribution in [0.5, 0.6) is 0 Å². The van der Waals surface area contributed by atoms with Crippen molar-refractivity contribution in [3.05, 3.63) is 96.1 Å². The zero-order valence-corrected chi connectivity index (χ0v) is 19.2. The van der Waals surface area contributed by atoms with Crippen molar-refractivity contribution in [2.24, 2.45) is 0 Å². The lowest BCUT2D eigenvalue weighted by Gasteiger charge is -2.32. The molecule has 1 heterocycles. The molecule has 6 nitrogen and oxygen atoms in total. The van der Waals surface area contributed by atoms with Gasteiger partial charge in [0.15, 0.2) is 0 Å². The number of sulfonamides is 2. The molecular formula is C24H26N2O4S2. The molecule has 1 aliphatic heterocycles. The van der Waals surface area contributed by atoms with Crippen LogP contribution in [0.1, 0.15) is 29.9 Å². The second-order valence-electron chi connectivity index (χ2n) is 7.89. The molecule has 0 radical (unpaired) electrons. The van der Waals surface area contributed by atoms with Crippen molar-refractivity contribution in [3.63, 3.8) is 0 Å². The van der Waals surface area contributed by atoms with Crippen molar-refractivity contribution < 1.29 is 16.8 Å². The molecule has 0 saturated carbocycles. The Bertz CT molecular complexity index is 1240. The van der Waals surface area contributed by atoms with E-state index in [9.17, 15) is 16.8 Å². The van der Waals surface area contributed by atoms with Gasteiger partial charge in [-0.05, 0) is 54.2 Å². The van der Waals surface area contributed by atoms with Crippen LogP contribution in [-0.4, -0.2) is 34.2 Å². The lowest BCUT2D eigenvalue weighted by atomic mass is 9.92. The van der Waals surface area contributed by atoms with E-state index >= 15 is 0 Å². The monoisotopic (exact) mass is 470 g/mol. The molecule has 32 heavy (non-hydrogen) atoms. The number of nitrogens with zero attached hydrogens (tertiary/aromatic N) is 1. The summed E-state index contributed by atoms with van der Waals surface area (Å²) in [6, 6.07) is 24.6. The Hall–Kier alpha value is -2.52. The summed E-state index contributed by atoms with van der Waals surface area (Å²) in [4.78, 5) is 0.140. The van der Waals surface area contributed by atoms with Crippen molar-refractivity contribution in [3.8, 4) is 0 Å². The van der Waals surface area contributed by atoms with Crippen molar-refractivity contribution in [1.29, 1.82) is 0 Å². The number of hydrogen-bond donors (Lipinski definition) is 1. The molecule has 168 valence electrons. The molecule has 0 aliphatic carbocycles. The molecule has 1 atom stereocenters. The maximum absolute atomic E-state index is 13.2. The summed E-state index contributed by atoms with van der Waals surface area (Å²) in [5, 5.41) is 0. The Balaban J connectivity index is 1.47. The van der Waals surface area contributed by atoms with Crippen LogP contribution in [0.3, 0.4) is 0 Å². The highest BCUT2D eigenvalue weighted by molar-refractivity contribution is 7.89. The van der Waals surface area contributed by atoms with E-state index in [1.165, 1.54) is 28.6 Å². The zero-order chi connectivity index (χ0) is 22.6. The van der Waals surface area contributed by atoms with Gasteiger partial charge in [-0.1, -0.05) is 60.7 Å².